The summed E-state index contributed by atoms with van der Waals surface area (Å²) in [6.07, 6.45) is 0. The van der Waals surface area contributed by atoms with Gasteiger partial charge in [0.25, 0.3) is 0 Å². The summed E-state index contributed by atoms with van der Waals surface area (Å²) in [4.78, 5) is 7.63. The number of nitriles is 1. The monoisotopic (exact) mass is 717 g/mol. The molecule has 8 aromatic carbocycles. The topological polar surface area (TPSA) is 41.6 Å². The van der Waals surface area contributed by atoms with Crippen molar-refractivity contribution in [3.05, 3.63) is 216 Å². The van der Waals surface area contributed by atoms with E-state index in [1.165, 1.54) is 43.2 Å². The van der Waals surface area contributed by atoms with Gasteiger partial charge in [-0.15, -0.1) is 0 Å². The number of para-hydroxylation sites is 3. The number of hydrogen-bond donors (Lipinski definition) is 0. The van der Waals surface area contributed by atoms with Gasteiger partial charge in [-0.05, 0) is 122 Å². The first-order valence-electron chi connectivity index (χ1n) is 18.5. The Morgan fingerprint density at radius 3 is 1.75 bits per heavy atom. The maximum absolute atomic E-state index is 10.1. The molecule has 55 heavy (non-hydrogen) atoms. The van der Waals surface area contributed by atoms with Crippen LogP contribution in [0.15, 0.2) is 198 Å². The fraction of sp³-hybridized carbons (Fsp3) is 0.0196. The minimum atomic E-state index is -0.553. The highest BCUT2D eigenvalue weighted by Crippen LogP contribution is 2.62. The maximum atomic E-state index is 10.1. The Kier molecular flexibility index (Phi) is 7.07. The molecule has 4 heteroatoms. The van der Waals surface area contributed by atoms with Gasteiger partial charge in [-0.1, -0.05) is 133 Å². The van der Waals surface area contributed by atoms with E-state index in [4.69, 9.17) is 4.98 Å². The number of imidazole rings is 1. The van der Waals surface area contributed by atoms with Crippen LogP contribution in [-0.4, -0.2) is 9.55 Å². The Labute approximate surface area is 323 Å². The predicted molar refractivity (Wildman–Crippen MR) is 224 cm³/mol. The van der Waals surface area contributed by atoms with E-state index in [0.29, 0.717) is 5.56 Å². The van der Waals surface area contributed by atoms with Gasteiger partial charge in [0.2, 0.25) is 0 Å². The Morgan fingerprint density at radius 1 is 0.473 bits per heavy atom. The van der Waals surface area contributed by atoms with Gasteiger partial charge in [-0.3, -0.25) is 4.57 Å². The first-order chi connectivity index (χ1) is 27.2. The maximum Gasteiger partial charge on any atom is 0.145 e. The van der Waals surface area contributed by atoms with Gasteiger partial charge in [0.15, 0.2) is 0 Å². The number of benzene rings is 8. The van der Waals surface area contributed by atoms with Crippen LogP contribution >= 0.6 is 11.8 Å². The minimum Gasteiger partial charge on any atom is -0.292 e. The van der Waals surface area contributed by atoms with Gasteiger partial charge >= 0.3 is 0 Å². The van der Waals surface area contributed by atoms with Crippen LogP contribution in [0.25, 0.3) is 61.5 Å². The fourth-order valence-electron chi connectivity index (χ4n) is 8.92. The number of rotatable bonds is 4. The highest BCUT2D eigenvalue weighted by molar-refractivity contribution is 7.99. The summed E-state index contributed by atoms with van der Waals surface area (Å²) in [5.41, 5.74) is 16.2. The molecule has 0 fully saturated rings. The second kappa shape index (κ2) is 12.3. The highest BCUT2D eigenvalue weighted by Gasteiger charge is 2.50. The van der Waals surface area contributed by atoms with Crippen LogP contribution in [0.1, 0.15) is 27.8 Å². The van der Waals surface area contributed by atoms with E-state index in [9.17, 15) is 5.26 Å². The second-order valence-electron chi connectivity index (χ2n) is 14.2. The lowest BCUT2D eigenvalue weighted by Crippen LogP contribution is -2.32. The Morgan fingerprint density at radius 2 is 1.04 bits per heavy atom. The van der Waals surface area contributed by atoms with Crippen molar-refractivity contribution in [3.63, 3.8) is 0 Å². The zero-order valence-corrected chi connectivity index (χ0v) is 30.5. The molecule has 0 atom stereocenters. The molecule has 0 amide bonds. The molecule has 0 radical (unpaired) electrons. The number of hydrogen-bond acceptors (Lipinski definition) is 3. The molecule has 0 saturated heterocycles. The summed E-state index contributed by atoms with van der Waals surface area (Å²) in [7, 11) is 0. The molecule has 1 aliphatic heterocycles. The third-order valence-electron chi connectivity index (χ3n) is 11.3. The van der Waals surface area contributed by atoms with Crippen molar-refractivity contribution in [1.82, 2.24) is 9.55 Å². The minimum absolute atomic E-state index is 0.553. The average Bonchev–Trinajstić information content (AvgIpc) is 3.78. The molecular formula is C51H31N3S. The van der Waals surface area contributed by atoms with Crippen molar-refractivity contribution in [1.29, 1.82) is 5.26 Å². The van der Waals surface area contributed by atoms with Crippen LogP contribution in [0, 0.1) is 11.3 Å². The smallest absolute Gasteiger partial charge is 0.145 e. The summed E-state index contributed by atoms with van der Waals surface area (Å²) in [5.74, 6) is 0.916. The number of fused-ring (bicyclic) bond motifs is 10. The molecule has 0 bridgehead atoms. The molecular weight excluding hydrogens is 687 g/mol. The standard InChI is InChI=1S/C51H31N3S/c52-32-33-24-26-40-41-27-25-37(31-45(41)51(44(40)28-33)42-18-4-8-22-48(42)55-49-23-9-5-19-43(49)51)35-13-10-12-34(29-35)36-14-11-15-38(30-36)50-53-46-20-6-7-21-47(46)54(50)39-16-2-1-3-17-39/h1-31H. The zero-order valence-electron chi connectivity index (χ0n) is 29.6. The second-order valence-corrected chi connectivity index (χ2v) is 15.3. The van der Waals surface area contributed by atoms with Crippen molar-refractivity contribution in [2.45, 2.75) is 15.2 Å². The molecule has 9 aromatic rings. The summed E-state index contributed by atoms with van der Waals surface area (Å²) in [5, 5.41) is 10.1. The first-order valence-corrected chi connectivity index (χ1v) is 19.3. The van der Waals surface area contributed by atoms with Crippen LogP contribution in [0.2, 0.25) is 0 Å². The quantitative estimate of drug-likeness (QED) is 0.182. The Bertz CT molecular complexity index is 3000. The van der Waals surface area contributed by atoms with E-state index < -0.39 is 5.41 Å². The third kappa shape index (κ3) is 4.74. The summed E-state index contributed by atoms with van der Waals surface area (Å²) in [6.45, 7) is 0. The van der Waals surface area contributed by atoms with Gasteiger partial charge in [-0.2, -0.15) is 5.26 Å². The molecule has 2 aliphatic rings. The van der Waals surface area contributed by atoms with Crippen molar-refractivity contribution in [2.24, 2.45) is 0 Å². The van der Waals surface area contributed by atoms with E-state index >= 15 is 0 Å². The summed E-state index contributed by atoms with van der Waals surface area (Å²) < 4.78 is 2.25. The fourth-order valence-corrected chi connectivity index (χ4v) is 10.1. The predicted octanol–water partition coefficient (Wildman–Crippen LogP) is 12.7. The molecule has 0 saturated carbocycles. The lowest BCUT2D eigenvalue weighted by molar-refractivity contribution is 0.722. The molecule has 11 rings (SSSR count). The summed E-state index contributed by atoms with van der Waals surface area (Å²) in [6, 6.07) is 69.6. The van der Waals surface area contributed by atoms with Gasteiger partial charge < -0.3 is 0 Å². The molecule has 1 aliphatic carbocycles. The van der Waals surface area contributed by atoms with E-state index in [-0.39, 0.29) is 0 Å². The van der Waals surface area contributed by atoms with Gasteiger partial charge in [0.1, 0.15) is 5.82 Å². The van der Waals surface area contributed by atoms with Gasteiger partial charge in [-0.25, -0.2) is 4.98 Å². The molecule has 0 unspecified atom stereocenters. The number of aromatic nitrogens is 2. The van der Waals surface area contributed by atoms with Crippen LogP contribution in [0.5, 0.6) is 0 Å². The van der Waals surface area contributed by atoms with Crippen molar-refractivity contribution < 1.29 is 0 Å². The van der Waals surface area contributed by atoms with E-state index in [1.54, 1.807) is 0 Å². The average molecular weight is 718 g/mol. The summed E-state index contributed by atoms with van der Waals surface area (Å²) >= 11 is 1.83. The molecule has 1 aromatic heterocycles. The Hall–Kier alpha value is -6.93. The lowest BCUT2D eigenvalue weighted by Gasteiger charge is -2.39. The number of nitrogens with zero attached hydrogens (tertiary/aromatic N) is 3. The van der Waals surface area contributed by atoms with Crippen molar-refractivity contribution in [2.75, 3.05) is 0 Å². The van der Waals surface area contributed by atoms with Crippen molar-refractivity contribution >= 4 is 22.8 Å². The third-order valence-corrected chi connectivity index (χ3v) is 12.4. The Balaban J connectivity index is 1.07. The van der Waals surface area contributed by atoms with Gasteiger partial charge in [0, 0.05) is 21.0 Å². The van der Waals surface area contributed by atoms with Crippen LogP contribution in [0.4, 0.5) is 0 Å². The van der Waals surface area contributed by atoms with Crippen molar-refractivity contribution in [3.8, 4) is 56.5 Å². The molecule has 3 nitrogen and oxygen atoms in total. The molecule has 0 N–H and O–H groups in total. The molecule has 1 spiro atoms. The van der Waals surface area contributed by atoms with E-state index in [2.05, 4.69) is 180 Å². The molecule has 256 valence electrons. The largest absolute Gasteiger partial charge is 0.292 e. The molecule has 2 heterocycles. The lowest BCUT2D eigenvalue weighted by atomic mass is 9.67. The van der Waals surface area contributed by atoms with Gasteiger partial charge in [0.05, 0.1) is 28.1 Å². The van der Waals surface area contributed by atoms with Crippen LogP contribution < -0.4 is 0 Å². The zero-order chi connectivity index (χ0) is 36.5. The highest BCUT2D eigenvalue weighted by atomic mass is 32.2. The van der Waals surface area contributed by atoms with E-state index in [0.717, 1.165) is 50.4 Å². The SMILES string of the molecule is N#Cc1ccc2c(c1)C1(c3ccccc3Sc3ccccc31)c1cc(-c3cccc(-c4cccc(-c5nc6ccccc6n5-c5ccccc5)c4)c3)ccc1-2. The van der Waals surface area contributed by atoms with Crippen LogP contribution in [-0.2, 0) is 5.41 Å². The van der Waals surface area contributed by atoms with Crippen LogP contribution in [0.3, 0.4) is 0 Å². The first kappa shape index (κ1) is 31.6. The van der Waals surface area contributed by atoms with E-state index in [1.807, 2.05) is 30.0 Å². The normalized spacial score (nSPS) is 13.1.